The maximum Gasteiger partial charge on any atom is 0.260 e. The van der Waals surface area contributed by atoms with Gasteiger partial charge in [-0.1, -0.05) is 12.1 Å². The fourth-order valence-corrected chi connectivity index (χ4v) is 1.63. The smallest absolute Gasteiger partial charge is 0.260 e. The molecular weight excluding hydrogens is 216 g/mol. The minimum absolute atomic E-state index is 0.139. The first-order valence-electron chi connectivity index (χ1n) is 5.31. The SMILES string of the molecule is C=CCNCc1ccc2nc(N)[nH]c(=O)c2c1. The van der Waals surface area contributed by atoms with E-state index in [1.54, 1.807) is 12.1 Å². The zero-order valence-corrected chi connectivity index (χ0v) is 9.36. The molecule has 1 heterocycles. The van der Waals surface area contributed by atoms with E-state index in [4.69, 9.17) is 5.73 Å². The Morgan fingerprint density at radius 1 is 1.53 bits per heavy atom. The van der Waals surface area contributed by atoms with Crippen LogP contribution >= 0.6 is 0 Å². The lowest BCUT2D eigenvalue weighted by Crippen LogP contribution is -2.14. The molecule has 2 aromatic rings. The second kappa shape index (κ2) is 4.80. The summed E-state index contributed by atoms with van der Waals surface area (Å²) >= 11 is 0. The van der Waals surface area contributed by atoms with Crippen LogP contribution in [-0.4, -0.2) is 16.5 Å². The average Bonchev–Trinajstić information content (AvgIpc) is 2.30. The molecule has 0 amide bonds. The Balaban J connectivity index is 2.36. The maximum absolute atomic E-state index is 11.7. The van der Waals surface area contributed by atoms with Gasteiger partial charge in [-0.15, -0.1) is 6.58 Å². The minimum Gasteiger partial charge on any atom is -0.369 e. The first kappa shape index (κ1) is 11.3. The largest absolute Gasteiger partial charge is 0.369 e. The van der Waals surface area contributed by atoms with E-state index < -0.39 is 0 Å². The van der Waals surface area contributed by atoms with E-state index in [2.05, 4.69) is 21.9 Å². The third kappa shape index (κ3) is 2.51. The lowest BCUT2D eigenvalue weighted by atomic mass is 10.1. The molecule has 0 aliphatic carbocycles. The van der Waals surface area contributed by atoms with Gasteiger partial charge in [-0.2, -0.15) is 0 Å². The lowest BCUT2D eigenvalue weighted by molar-refractivity contribution is 0.761. The van der Waals surface area contributed by atoms with Gasteiger partial charge < -0.3 is 11.1 Å². The fraction of sp³-hybridized carbons (Fsp3) is 0.167. The van der Waals surface area contributed by atoms with Gasteiger partial charge in [0.15, 0.2) is 0 Å². The summed E-state index contributed by atoms with van der Waals surface area (Å²) in [5.74, 6) is 0.139. The highest BCUT2D eigenvalue weighted by atomic mass is 16.1. The number of aromatic nitrogens is 2. The van der Waals surface area contributed by atoms with Crippen molar-refractivity contribution in [2.75, 3.05) is 12.3 Å². The Morgan fingerprint density at radius 2 is 2.35 bits per heavy atom. The highest BCUT2D eigenvalue weighted by Crippen LogP contribution is 2.10. The van der Waals surface area contributed by atoms with Crippen LogP contribution in [0.4, 0.5) is 5.95 Å². The Hall–Kier alpha value is -2.14. The number of hydrogen-bond acceptors (Lipinski definition) is 4. The van der Waals surface area contributed by atoms with Gasteiger partial charge >= 0.3 is 0 Å². The first-order valence-corrected chi connectivity index (χ1v) is 5.31. The molecule has 17 heavy (non-hydrogen) atoms. The molecule has 88 valence electrons. The molecule has 5 heteroatoms. The third-order valence-electron chi connectivity index (χ3n) is 2.41. The van der Waals surface area contributed by atoms with Gasteiger partial charge in [0, 0.05) is 13.1 Å². The normalized spacial score (nSPS) is 10.6. The number of benzene rings is 1. The van der Waals surface area contributed by atoms with Crippen LogP contribution in [-0.2, 0) is 6.54 Å². The summed E-state index contributed by atoms with van der Waals surface area (Å²) in [6, 6.07) is 5.53. The number of aromatic amines is 1. The number of rotatable bonds is 4. The van der Waals surface area contributed by atoms with Gasteiger partial charge in [0.1, 0.15) is 0 Å². The number of anilines is 1. The number of nitrogens with one attached hydrogen (secondary N) is 2. The standard InChI is InChI=1S/C12H14N4O/c1-2-5-14-7-8-3-4-10-9(6-8)11(17)16-12(13)15-10/h2-4,6,14H,1,5,7H2,(H3,13,15,16,17). The predicted octanol–water partition coefficient (Wildman–Crippen LogP) is 0.781. The molecule has 0 atom stereocenters. The van der Waals surface area contributed by atoms with Crippen molar-refractivity contribution in [3.8, 4) is 0 Å². The van der Waals surface area contributed by atoms with E-state index in [1.807, 2.05) is 12.1 Å². The van der Waals surface area contributed by atoms with Crippen molar-refractivity contribution in [2.45, 2.75) is 6.54 Å². The van der Waals surface area contributed by atoms with Crippen LogP contribution in [0.5, 0.6) is 0 Å². The molecule has 2 rings (SSSR count). The summed E-state index contributed by atoms with van der Waals surface area (Å²) in [4.78, 5) is 18.2. The van der Waals surface area contributed by atoms with Gasteiger partial charge in [0.2, 0.25) is 5.95 Å². The summed E-state index contributed by atoms with van der Waals surface area (Å²) in [5, 5.41) is 3.72. The monoisotopic (exact) mass is 230 g/mol. The van der Waals surface area contributed by atoms with Crippen LogP contribution < -0.4 is 16.6 Å². The van der Waals surface area contributed by atoms with Crippen LogP contribution in [0.3, 0.4) is 0 Å². The number of H-pyrrole nitrogens is 1. The highest BCUT2D eigenvalue weighted by Gasteiger charge is 2.02. The first-order chi connectivity index (χ1) is 8.20. The topological polar surface area (TPSA) is 83.8 Å². The fourth-order valence-electron chi connectivity index (χ4n) is 1.63. The van der Waals surface area contributed by atoms with Crippen molar-refractivity contribution >= 4 is 16.9 Å². The van der Waals surface area contributed by atoms with Crippen molar-refractivity contribution in [3.63, 3.8) is 0 Å². The van der Waals surface area contributed by atoms with Crippen molar-refractivity contribution in [3.05, 3.63) is 46.8 Å². The number of nitrogen functional groups attached to an aromatic ring is 1. The molecule has 0 radical (unpaired) electrons. The molecule has 0 saturated heterocycles. The second-order valence-corrected chi connectivity index (χ2v) is 3.72. The van der Waals surface area contributed by atoms with Gasteiger partial charge in [-0.25, -0.2) is 4.98 Å². The molecule has 1 aromatic heterocycles. The highest BCUT2D eigenvalue weighted by molar-refractivity contribution is 5.79. The summed E-state index contributed by atoms with van der Waals surface area (Å²) in [5.41, 5.74) is 6.90. The molecule has 0 aliphatic heterocycles. The Bertz CT molecular complexity index is 603. The predicted molar refractivity (Wildman–Crippen MR) is 68.7 cm³/mol. The number of nitrogens with two attached hydrogens (primary N) is 1. The summed E-state index contributed by atoms with van der Waals surface area (Å²) in [6.45, 7) is 5.04. The molecule has 1 aromatic carbocycles. The molecule has 0 unspecified atom stereocenters. The van der Waals surface area contributed by atoms with E-state index in [-0.39, 0.29) is 11.5 Å². The Morgan fingerprint density at radius 3 is 3.12 bits per heavy atom. The summed E-state index contributed by atoms with van der Waals surface area (Å²) < 4.78 is 0. The molecule has 0 fully saturated rings. The van der Waals surface area contributed by atoms with E-state index in [0.717, 1.165) is 12.1 Å². The number of hydrogen-bond donors (Lipinski definition) is 3. The van der Waals surface area contributed by atoms with Crippen molar-refractivity contribution in [1.82, 2.24) is 15.3 Å². The van der Waals surface area contributed by atoms with E-state index in [0.29, 0.717) is 17.4 Å². The van der Waals surface area contributed by atoms with Crippen molar-refractivity contribution < 1.29 is 0 Å². The van der Waals surface area contributed by atoms with Crippen LogP contribution in [0, 0.1) is 0 Å². The number of nitrogens with zero attached hydrogens (tertiary/aromatic N) is 1. The summed E-state index contributed by atoms with van der Waals surface area (Å²) in [7, 11) is 0. The maximum atomic E-state index is 11.7. The zero-order valence-electron chi connectivity index (χ0n) is 9.36. The average molecular weight is 230 g/mol. The van der Waals surface area contributed by atoms with Gasteiger partial charge in [0.05, 0.1) is 10.9 Å². The zero-order chi connectivity index (χ0) is 12.3. The van der Waals surface area contributed by atoms with Gasteiger partial charge in [-0.05, 0) is 17.7 Å². The quantitative estimate of drug-likeness (QED) is 0.535. The molecule has 0 spiro atoms. The molecule has 4 N–H and O–H groups in total. The van der Waals surface area contributed by atoms with Gasteiger partial charge in [0.25, 0.3) is 5.56 Å². The molecule has 0 bridgehead atoms. The van der Waals surface area contributed by atoms with E-state index >= 15 is 0 Å². The number of fused-ring (bicyclic) bond motifs is 1. The van der Waals surface area contributed by atoms with E-state index in [9.17, 15) is 4.79 Å². The van der Waals surface area contributed by atoms with Crippen LogP contribution in [0.25, 0.3) is 10.9 Å². The van der Waals surface area contributed by atoms with E-state index in [1.165, 1.54) is 0 Å². The lowest BCUT2D eigenvalue weighted by Gasteiger charge is -2.04. The summed E-state index contributed by atoms with van der Waals surface area (Å²) in [6.07, 6.45) is 1.79. The molecular formula is C12H14N4O. The second-order valence-electron chi connectivity index (χ2n) is 3.72. The van der Waals surface area contributed by atoms with Crippen molar-refractivity contribution in [2.24, 2.45) is 0 Å². The van der Waals surface area contributed by atoms with Crippen LogP contribution in [0.2, 0.25) is 0 Å². The van der Waals surface area contributed by atoms with Crippen LogP contribution in [0.1, 0.15) is 5.56 Å². The minimum atomic E-state index is -0.210. The molecule has 5 nitrogen and oxygen atoms in total. The van der Waals surface area contributed by atoms with Crippen LogP contribution in [0.15, 0.2) is 35.6 Å². The van der Waals surface area contributed by atoms with Gasteiger partial charge in [-0.3, -0.25) is 9.78 Å². The molecule has 0 saturated carbocycles. The molecule has 0 aliphatic rings. The Labute approximate surface area is 98.4 Å². The Kier molecular flexibility index (Phi) is 3.20. The van der Waals surface area contributed by atoms with Crippen molar-refractivity contribution in [1.29, 1.82) is 0 Å². The third-order valence-corrected chi connectivity index (χ3v) is 2.41.